The average molecular weight is 509 g/mol. The number of hydrogen-bond acceptors (Lipinski definition) is 4. The van der Waals surface area contributed by atoms with Crippen molar-refractivity contribution in [1.29, 1.82) is 0 Å². The summed E-state index contributed by atoms with van der Waals surface area (Å²) in [5.74, 6) is -4.49. The molecule has 0 heterocycles. The van der Waals surface area contributed by atoms with E-state index in [0.29, 0.717) is 11.3 Å². The highest BCUT2D eigenvalue weighted by Gasteiger charge is 2.41. The van der Waals surface area contributed by atoms with Gasteiger partial charge in [0.15, 0.2) is 0 Å². The summed E-state index contributed by atoms with van der Waals surface area (Å²) >= 11 is 12.1. The lowest BCUT2D eigenvalue weighted by molar-refractivity contribution is -0.152. The van der Waals surface area contributed by atoms with Crippen molar-refractivity contribution in [3.8, 4) is 0 Å². The molecule has 0 radical (unpaired) electrons. The standard InChI is InChI=1S/C24H26Cl2N2O6/c1-4-15(21(30)31)24(2,3)23(34)28-18(22(32)33)12-13-8-10-14(11-9-13)27-20(29)19-16(25)6-5-7-17(19)26/h5-11,15,18H,4,12H2,1-3H3,(H,27,29)(H,28,34)(H,30,31)(H,32,33). The summed E-state index contributed by atoms with van der Waals surface area (Å²) in [5, 5.41) is 24.5. The van der Waals surface area contributed by atoms with Gasteiger partial charge in [0.2, 0.25) is 5.91 Å². The third-order valence-electron chi connectivity index (χ3n) is 5.61. The number of hydrogen-bond donors (Lipinski definition) is 4. The first-order valence-electron chi connectivity index (χ1n) is 10.5. The lowest BCUT2D eigenvalue weighted by Gasteiger charge is -2.30. The largest absolute Gasteiger partial charge is 0.481 e. The normalized spacial score (nSPS) is 13.0. The molecule has 8 nitrogen and oxygen atoms in total. The van der Waals surface area contributed by atoms with Crippen LogP contribution in [-0.2, 0) is 20.8 Å². The van der Waals surface area contributed by atoms with Crippen LogP contribution in [0.4, 0.5) is 5.69 Å². The molecule has 4 N–H and O–H groups in total. The molecule has 2 unspecified atom stereocenters. The minimum absolute atomic E-state index is 0.0361. The van der Waals surface area contributed by atoms with Crippen LogP contribution < -0.4 is 10.6 Å². The molecule has 182 valence electrons. The maximum atomic E-state index is 12.7. The number of carbonyl (C=O) groups excluding carboxylic acids is 2. The molecule has 0 aliphatic carbocycles. The minimum Gasteiger partial charge on any atom is -0.481 e. The highest BCUT2D eigenvalue weighted by Crippen LogP contribution is 2.30. The van der Waals surface area contributed by atoms with E-state index >= 15 is 0 Å². The topological polar surface area (TPSA) is 133 Å². The first-order chi connectivity index (χ1) is 15.9. The number of rotatable bonds is 10. The Hall–Kier alpha value is -3.10. The van der Waals surface area contributed by atoms with Crippen molar-refractivity contribution in [2.24, 2.45) is 11.3 Å². The molecule has 0 saturated heterocycles. The second-order valence-electron chi connectivity index (χ2n) is 8.34. The Morgan fingerprint density at radius 2 is 1.50 bits per heavy atom. The maximum Gasteiger partial charge on any atom is 0.326 e. The third-order valence-corrected chi connectivity index (χ3v) is 6.24. The van der Waals surface area contributed by atoms with E-state index in [9.17, 15) is 29.4 Å². The van der Waals surface area contributed by atoms with Gasteiger partial charge in [0.05, 0.1) is 26.9 Å². The number of carbonyl (C=O) groups is 4. The molecule has 2 aromatic carbocycles. The molecule has 0 aromatic heterocycles. The fraction of sp³-hybridized carbons (Fsp3) is 0.333. The van der Waals surface area contributed by atoms with Crippen LogP contribution in [0.15, 0.2) is 42.5 Å². The number of anilines is 1. The Labute approximate surface area is 207 Å². The molecule has 2 aromatic rings. The molecule has 0 bridgehead atoms. The number of aliphatic carboxylic acids is 2. The van der Waals surface area contributed by atoms with Gasteiger partial charge in [0.1, 0.15) is 6.04 Å². The first-order valence-corrected chi connectivity index (χ1v) is 11.2. The Morgan fingerprint density at radius 3 is 1.97 bits per heavy atom. The van der Waals surface area contributed by atoms with Crippen LogP contribution in [-0.4, -0.2) is 40.0 Å². The van der Waals surface area contributed by atoms with Crippen LogP contribution >= 0.6 is 23.2 Å². The molecule has 0 fully saturated rings. The number of halogens is 2. The second kappa shape index (κ2) is 11.4. The van der Waals surface area contributed by atoms with E-state index in [1.165, 1.54) is 13.8 Å². The van der Waals surface area contributed by atoms with Gasteiger partial charge in [-0.1, -0.05) is 62.2 Å². The third kappa shape index (κ3) is 6.48. The van der Waals surface area contributed by atoms with Crippen molar-refractivity contribution in [3.63, 3.8) is 0 Å². The first kappa shape index (κ1) is 27.1. The summed E-state index contributed by atoms with van der Waals surface area (Å²) in [6.45, 7) is 4.61. The van der Waals surface area contributed by atoms with Crippen LogP contribution in [0, 0.1) is 11.3 Å². The van der Waals surface area contributed by atoms with Gasteiger partial charge in [-0.2, -0.15) is 0 Å². The van der Waals surface area contributed by atoms with E-state index in [2.05, 4.69) is 10.6 Å². The summed E-state index contributed by atoms with van der Waals surface area (Å²) in [5.41, 5.74) is -0.140. The van der Waals surface area contributed by atoms with E-state index < -0.39 is 41.1 Å². The zero-order valence-corrected chi connectivity index (χ0v) is 20.4. The highest BCUT2D eigenvalue weighted by molar-refractivity contribution is 6.40. The van der Waals surface area contributed by atoms with Crippen molar-refractivity contribution < 1.29 is 29.4 Å². The summed E-state index contributed by atoms with van der Waals surface area (Å²) in [6, 6.07) is 9.85. The number of carboxylic acids is 2. The zero-order valence-electron chi connectivity index (χ0n) is 18.9. The Bertz CT molecular complexity index is 1070. The molecule has 0 saturated carbocycles. The van der Waals surface area contributed by atoms with Crippen molar-refractivity contribution in [1.82, 2.24) is 5.32 Å². The minimum atomic E-state index is -1.30. The van der Waals surface area contributed by atoms with Crippen molar-refractivity contribution >= 4 is 52.6 Å². The van der Waals surface area contributed by atoms with E-state index in [0.717, 1.165) is 0 Å². The fourth-order valence-corrected chi connectivity index (χ4v) is 4.13. The van der Waals surface area contributed by atoms with Gasteiger partial charge in [0.25, 0.3) is 5.91 Å². The van der Waals surface area contributed by atoms with Crippen LogP contribution in [0.25, 0.3) is 0 Å². The van der Waals surface area contributed by atoms with Crippen LogP contribution in [0.1, 0.15) is 43.1 Å². The number of benzene rings is 2. The molecular formula is C24H26Cl2N2O6. The molecule has 10 heteroatoms. The highest BCUT2D eigenvalue weighted by atomic mass is 35.5. The second-order valence-corrected chi connectivity index (χ2v) is 9.15. The van der Waals surface area contributed by atoms with Gasteiger partial charge < -0.3 is 20.8 Å². The SMILES string of the molecule is CCC(C(=O)O)C(C)(C)C(=O)NC(Cc1ccc(NC(=O)c2c(Cl)cccc2Cl)cc1)C(=O)O. The van der Waals surface area contributed by atoms with E-state index in [-0.39, 0.29) is 28.5 Å². The van der Waals surface area contributed by atoms with Crippen molar-refractivity contribution in [3.05, 3.63) is 63.6 Å². The molecular weight excluding hydrogens is 483 g/mol. The summed E-state index contributed by atoms with van der Waals surface area (Å²) in [7, 11) is 0. The van der Waals surface area contributed by atoms with Gasteiger partial charge >= 0.3 is 11.9 Å². The van der Waals surface area contributed by atoms with Gasteiger partial charge in [0, 0.05) is 12.1 Å². The Kier molecular flexibility index (Phi) is 9.06. The predicted octanol–water partition coefficient (Wildman–Crippen LogP) is 4.49. The Morgan fingerprint density at radius 1 is 0.941 bits per heavy atom. The maximum absolute atomic E-state index is 12.7. The van der Waals surface area contributed by atoms with Gasteiger partial charge in [-0.15, -0.1) is 0 Å². The van der Waals surface area contributed by atoms with Crippen molar-refractivity contribution in [2.75, 3.05) is 5.32 Å². The molecule has 0 aliphatic rings. The predicted molar refractivity (Wildman–Crippen MR) is 129 cm³/mol. The van der Waals surface area contributed by atoms with E-state index in [1.807, 2.05) is 0 Å². The molecule has 0 aliphatic heterocycles. The van der Waals surface area contributed by atoms with Crippen LogP contribution in [0.3, 0.4) is 0 Å². The van der Waals surface area contributed by atoms with E-state index in [4.69, 9.17) is 23.2 Å². The molecule has 2 atom stereocenters. The molecule has 0 spiro atoms. The summed E-state index contributed by atoms with van der Waals surface area (Å²) in [6.07, 6.45) is 0.186. The quantitative estimate of drug-likeness (QED) is 0.373. The van der Waals surface area contributed by atoms with Gasteiger partial charge in [-0.3, -0.25) is 14.4 Å². The molecule has 2 amide bonds. The van der Waals surface area contributed by atoms with Crippen LogP contribution in [0.5, 0.6) is 0 Å². The van der Waals surface area contributed by atoms with Gasteiger partial charge in [-0.25, -0.2) is 4.79 Å². The lowest BCUT2D eigenvalue weighted by Crippen LogP contribution is -2.51. The lowest BCUT2D eigenvalue weighted by atomic mass is 9.76. The number of amides is 2. The molecule has 34 heavy (non-hydrogen) atoms. The monoisotopic (exact) mass is 508 g/mol. The van der Waals surface area contributed by atoms with Crippen LogP contribution in [0.2, 0.25) is 10.0 Å². The number of carboxylic acid groups (broad SMARTS) is 2. The fourth-order valence-electron chi connectivity index (χ4n) is 3.56. The molecule has 2 rings (SSSR count). The average Bonchev–Trinajstić information content (AvgIpc) is 2.74. The smallest absolute Gasteiger partial charge is 0.326 e. The van der Waals surface area contributed by atoms with Gasteiger partial charge in [-0.05, 0) is 36.2 Å². The zero-order chi connectivity index (χ0) is 25.6. The van der Waals surface area contributed by atoms with E-state index in [1.54, 1.807) is 49.4 Å². The Balaban J connectivity index is 2.11. The summed E-state index contributed by atoms with van der Waals surface area (Å²) in [4.78, 5) is 48.5. The number of nitrogens with one attached hydrogen (secondary N) is 2. The van der Waals surface area contributed by atoms with Crippen molar-refractivity contribution in [2.45, 2.75) is 39.7 Å². The summed E-state index contributed by atoms with van der Waals surface area (Å²) < 4.78 is 0.